The van der Waals surface area contributed by atoms with Crippen molar-refractivity contribution in [1.82, 2.24) is 9.97 Å². The number of hydrogen-bond donors (Lipinski definition) is 1. The van der Waals surface area contributed by atoms with Crippen LogP contribution >= 0.6 is 55.1 Å². The van der Waals surface area contributed by atoms with E-state index in [1.54, 1.807) is 6.07 Å². The van der Waals surface area contributed by atoms with Crippen LogP contribution in [0.1, 0.15) is 17.1 Å². The summed E-state index contributed by atoms with van der Waals surface area (Å²) in [5.41, 5.74) is 4.01. The maximum Gasteiger partial charge on any atom is 0.111 e. The first-order valence-corrected chi connectivity index (χ1v) is 9.23. The SMILES string of the molecule is Cc1[nH]c(Cc2cc(Br)ccc2Br)nc1-c1ccc(Cl)c(Cl)c1. The van der Waals surface area contributed by atoms with E-state index < -0.39 is 0 Å². The number of benzene rings is 2. The number of hydrogen-bond acceptors (Lipinski definition) is 1. The molecule has 0 radical (unpaired) electrons. The van der Waals surface area contributed by atoms with E-state index in [1.807, 2.05) is 31.2 Å². The molecule has 0 aliphatic carbocycles. The van der Waals surface area contributed by atoms with E-state index >= 15 is 0 Å². The van der Waals surface area contributed by atoms with Gasteiger partial charge < -0.3 is 4.98 Å². The lowest BCUT2D eigenvalue weighted by Crippen LogP contribution is -1.92. The fourth-order valence-electron chi connectivity index (χ4n) is 2.39. The van der Waals surface area contributed by atoms with Crippen LogP contribution in [0.15, 0.2) is 45.3 Å². The zero-order valence-corrected chi connectivity index (χ0v) is 16.8. The first-order valence-electron chi connectivity index (χ1n) is 6.89. The Kier molecular flexibility index (Phi) is 5.16. The van der Waals surface area contributed by atoms with E-state index in [-0.39, 0.29) is 0 Å². The van der Waals surface area contributed by atoms with Gasteiger partial charge in [-0.15, -0.1) is 0 Å². The molecule has 2 aromatic carbocycles. The number of aryl methyl sites for hydroxylation is 1. The molecular weight excluding hydrogens is 463 g/mol. The van der Waals surface area contributed by atoms with Crippen LogP contribution in [0.4, 0.5) is 0 Å². The highest BCUT2D eigenvalue weighted by atomic mass is 79.9. The van der Waals surface area contributed by atoms with Gasteiger partial charge in [0.25, 0.3) is 0 Å². The van der Waals surface area contributed by atoms with Crippen molar-refractivity contribution in [3.05, 3.63) is 72.5 Å². The summed E-state index contributed by atoms with van der Waals surface area (Å²) < 4.78 is 2.11. The van der Waals surface area contributed by atoms with Gasteiger partial charge in [0.2, 0.25) is 0 Å². The van der Waals surface area contributed by atoms with Crippen molar-refractivity contribution in [3.63, 3.8) is 0 Å². The van der Waals surface area contributed by atoms with Crippen LogP contribution in [0.5, 0.6) is 0 Å². The minimum Gasteiger partial charge on any atom is -0.345 e. The Morgan fingerprint density at radius 2 is 1.83 bits per heavy atom. The molecule has 3 rings (SSSR count). The van der Waals surface area contributed by atoms with Crippen LogP contribution in [-0.4, -0.2) is 9.97 Å². The van der Waals surface area contributed by atoms with Gasteiger partial charge in [-0.1, -0.05) is 61.1 Å². The van der Waals surface area contributed by atoms with Gasteiger partial charge in [-0.25, -0.2) is 4.98 Å². The number of rotatable bonds is 3. The number of H-pyrrole nitrogens is 1. The van der Waals surface area contributed by atoms with Gasteiger partial charge in [-0.2, -0.15) is 0 Å². The molecular formula is C17H12Br2Cl2N2. The van der Waals surface area contributed by atoms with Crippen molar-refractivity contribution < 1.29 is 0 Å². The molecule has 1 N–H and O–H groups in total. The topological polar surface area (TPSA) is 28.7 Å². The zero-order valence-electron chi connectivity index (χ0n) is 12.1. The summed E-state index contributed by atoms with van der Waals surface area (Å²) in [6.07, 6.45) is 0.711. The van der Waals surface area contributed by atoms with Gasteiger partial charge in [-0.05, 0) is 42.8 Å². The normalized spacial score (nSPS) is 11.0. The standard InChI is InChI=1S/C17H12Br2Cl2N2/c1-9-17(10-2-5-14(20)15(21)7-10)23-16(22-9)8-11-6-12(18)3-4-13(11)19/h2-7H,8H2,1H3,(H,22,23). The molecule has 0 saturated carbocycles. The number of nitrogens with zero attached hydrogens (tertiary/aromatic N) is 1. The van der Waals surface area contributed by atoms with Crippen molar-refractivity contribution >= 4 is 55.1 Å². The number of aromatic nitrogens is 2. The van der Waals surface area contributed by atoms with Gasteiger partial charge in [0.15, 0.2) is 0 Å². The second-order valence-corrected chi connectivity index (χ2v) is 7.78. The molecule has 2 nitrogen and oxygen atoms in total. The monoisotopic (exact) mass is 472 g/mol. The van der Waals surface area contributed by atoms with E-state index in [4.69, 9.17) is 28.2 Å². The summed E-state index contributed by atoms with van der Waals surface area (Å²) in [5.74, 6) is 0.905. The molecule has 23 heavy (non-hydrogen) atoms. The molecule has 0 bridgehead atoms. The molecule has 0 atom stereocenters. The second kappa shape index (κ2) is 6.98. The summed E-state index contributed by atoms with van der Waals surface area (Å²) in [6.45, 7) is 2.00. The van der Waals surface area contributed by atoms with Crippen LogP contribution in [0.2, 0.25) is 10.0 Å². The Bertz CT molecular complexity index is 875. The molecule has 0 aliphatic rings. The number of imidazole rings is 1. The van der Waals surface area contributed by atoms with Gasteiger partial charge in [0, 0.05) is 26.6 Å². The lowest BCUT2D eigenvalue weighted by Gasteiger charge is -2.03. The van der Waals surface area contributed by atoms with Crippen molar-refractivity contribution in [3.8, 4) is 11.3 Å². The van der Waals surface area contributed by atoms with E-state index in [9.17, 15) is 0 Å². The van der Waals surface area contributed by atoms with Crippen molar-refractivity contribution in [2.75, 3.05) is 0 Å². The third kappa shape index (κ3) is 3.82. The quantitative estimate of drug-likeness (QED) is 0.444. The lowest BCUT2D eigenvalue weighted by atomic mass is 10.1. The van der Waals surface area contributed by atoms with Crippen LogP contribution in [0.3, 0.4) is 0 Å². The predicted octanol–water partition coefficient (Wildman–Crippen LogP) is 6.81. The fourth-order valence-corrected chi connectivity index (χ4v) is 3.48. The van der Waals surface area contributed by atoms with Gasteiger partial charge in [-0.3, -0.25) is 0 Å². The Hall–Kier alpha value is -0.810. The van der Waals surface area contributed by atoms with Gasteiger partial charge in [0.05, 0.1) is 15.7 Å². The largest absolute Gasteiger partial charge is 0.345 e. The van der Waals surface area contributed by atoms with Crippen LogP contribution in [-0.2, 0) is 6.42 Å². The number of nitrogens with one attached hydrogen (secondary N) is 1. The molecule has 6 heteroatoms. The first-order chi connectivity index (χ1) is 10.9. The predicted molar refractivity (Wildman–Crippen MR) is 103 cm³/mol. The second-order valence-electron chi connectivity index (χ2n) is 5.20. The summed E-state index contributed by atoms with van der Waals surface area (Å²) in [5, 5.41) is 1.07. The average Bonchev–Trinajstić information content (AvgIpc) is 2.86. The maximum atomic E-state index is 6.11. The van der Waals surface area contributed by atoms with Gasteiger partial charge in [0.1, 0.15) is 5.82 Å². The van der Waals surface area contributed by atoms with E-state index in [1.165, 1.54) is 0 Å². The molecule has 118 valence electrons. The minimum absolute atomic E-state index is 0.530. The minimum atomic E-state index is 0.530. The lowest BCUT2D eigenvalue weighted by molar-refractivity contribution is 1.01. The van der Waals surface area contributed by atoms with Crippen LogP contribution < -0.4 is 0 Å². The fraction of sp³-hybridized carbons (Fsp3) is 0.118. The number of aromatic amines is 1. The molecule has 0 unspecified atom stereocenters. The third-order valence-corrected chi connectivity index (χ3v) is 5.50. The molecule has 0 amide bonds. The van der Waals surface area contributed by atoms with E-state index in [0.717, 1.165) is 37.3 Å². The Morgan fingerprint density at radius 1 is 1.04 bits per heavy atom. The van der Waals surface area contributed by atoms with Crippen molar-refractivity contribution in [1.29, 1.82) is 0 Å². The summed E-state index contributed by atoms with van der Waals surface area (Å²) in [7, 11) is 0. The van der Waals surface area contributed by atoms with Crippen LogP contribution in [0, 0.1) is 6.92 Å². The highest BCUT2D eigenvalue weighted by Crippen LogP contribution is 2.30. The number of halogens is 4. The summed E-state index contributed by atoms with van der Waals surface area (Å²) in [4.78, 5) is 8.07. The summed E-state index contributed by atoms with van der Waals surface area (Å²) in [6, 6.07) is 11.7. The third-order valence-electron chi connectivity index (χ3n) is 3.49. The molecule has 1 heterocycles. The zero-order chi connectivity index (χ0) is 16.6. The molecule has 1 aromatic heterocycles. The highest BCUT2D eigenvalue weighted by Gasteiger charge is 2.12. The first kappa shape index (κ1) is 17.0. The van der Waals surface area contributed by atoms with Crippen molar-refractivity contribution in [2.45, 2.75) is 13.3 Å². The molecule has 0 fully saturated rings. The molecule has 3 aromatic rings. The van der Waals surface area contributed by atoms with Crippen LogP contribution in [0.25, 0.3) is 11.3 Å². The van der Waals surface area contributed by atoms with Gasteiger partial charge >= 0.3 is 0 Å². The highest BCUT2D eigenvalue weighted by molar-refractivity contribution is 9.11. The smallest absolute Gasteiger partial charge is 0.111 e. The van der Waals surface area contributed by atoms with E-state index in [0.29, 0.717) is 16.5 Å². The molecule has 0 spiro atoms. The summed E-state index contributed by atoms with van der Waals surface area (Å²) >= 11 is 19.2. The average molecular weight is 475 g/mol. The van der Waals surface area contributed by atoms with E-state index in [2.05, 4.69) is 42.9 Å². The Labute approximate surface area is 161 Å². The molecule has 0 aliphatic heterocycles. The Balaban J connectivity index is 1.94. The van der Waals surface area contributed by atoms with Crippen molar-refractivity contribution in [2.24, 2.45) is 0 Å². The maximum absolute atomic E-state index is 6.11. The molecule has 0 saturated heterocycles. The Morgan fingerprint density at radius 3 is 2.57 bits per heavy atom.